The number of aliphatic hydroxyl groups is 3. The van der Waals surface area contributed by atoms with E-state index in [1.54, 1.807) is 0 Å². The summed E-state index contributed by atoms with van der Waals surface area (Å²) < 4.78 is 9.42. The number of ether oxygens (including phenoxy) is 2. The number of rotatable bonds is 3. The van der Waals surface area contributed by atoms with Crippen molar-refractivity contribution in [1.29, 1.82) is 0 Å². The van der Waals surface area contributed by atoms with Gasteiger partial charge in [-0.25, -0.2) is 4.79 Å². The van der Waals surface area contributed by atoms with Crippen LogP contribution >= 0.6 is 0 Å². The molecule has 14 heavy (non-hydrogen) atoms. The minimum Gasteiger partial charge on any atom is -0.479 e. The maximum atomic E-state index is 10.4. The number of aliphatic carboxylic acids is 1. The normalized spacial score (nSPS) is 39.7. The molecule has 1 fully saturated rings. The van der Waals surface area contributed by atoms with Crippen LogP contribution in [-0.2, 0) is 14.3 Å². The number of carbonyl (C=O) groups is 1. The lowest BCUT2D eigenvalue weighted by atomic mass is 10.1. The molecular formula is C7H12O7. The van der Waals surface area contributed by atoms with Crippen LogP contribution in [-0.4, -0.2) is 64.2 Å². The van der Waals surface area contributed by atoms with Crippen LogP contribution in [0.2, 0.25) is 0 Å². The molecule has 0 spiro atoms. The van der Waals surface area contributed by atoms with Crippen LogP contribution in [0, 0.1) is 0 Å². The summed E-state index contributed by atoms with van der Waals surface area (Å²) in [5.41, 5.74) is 0. The van der Waals surface area contributed by atoms with Crippen molar-refractivity contribution in [1.82, 2.24) is 0 Å². The van der Waals surface area contributed by atoms with Crippen LogP contribution in [0.3, 0.4) is 0 Å². The van der Waals surface area contributed by atoms with Crippen molar-refractivity contribution in [3.05, 3.63) is 0 Å². The first kappa shape index (κ1) is 11.3. The Morgan fingerprint density at radius 1 is 1.43 bits per heavy atom. The third kappa shape index (κ3) is 1.86. The molecule has 0 amide bonds. The number of carboxylic acid groups (broad SMARTS) is 1. The molecule has 0 aromatic heterocycles. The van der Waals surface area contributed by atoms with Crippen LogP contribution in [0.4, 0.5) is 0 Å². The van der Waals surface area contributed by atoms with Gasteiger partial charge in [0.15, 0.2) is 12.4 Å². The summed E-state index contributed by atoms with van der Waals surface area (Å²) >= 11 is 0. The van der Waals surface area contributed by atoms with Gasteiger partial charge in [0.05, 0.1) is 0 Å². The maximum Gasteiger partial charge on any atom is 0.335 e. The molecule has 1 saturated heterocycles. The summed E-state index contributed by atoms with van der Waals surface area (Å²) in [6, 6.07) is 0. The molecule has 0 radical (unpaired) electrons. The lowest BCUT2D eigenvalue weighted by Crippen LogP contribution is -2.42. The van der Waals surface area contributed by atoms with Gasteiger partial charge in [-0.15, -0.1) is 0 Å². The lowest BCUT2D eigenvalue weighted by molar-refractivity contribution is -0.177. The summed E-state index contributed by atoms with van der Waals surface area (Å²) in [4.78, 5) is 10.4. The second kappa shape index (κ2) is 4.20. The van der Waals surface area contributed by atoms with E-state index in [9.17, 15) is 15.0 Å². The SMILES string of the molecule is COC1OC(C(O)C(=O)O)C(O)C1O. The van der Waals surface area contributed by atoms with E-state index in [1.165, 1.54) is 7.11 Å². The Morgan fingerprint density at radius 2 is 2.00 bits per heavy atom. The predicted molar refractivity (Wildman–Crippen MR) is 41.3 cm³/mol. The van der Waals surface area contributed by atoms with Crippen LogP contribution in [0.25, 0.3) is 0 Å². The molecule has 1 heterocycles. The van der Waals surface area contributed by atoms with Gasteiger partial charge < -0.3 is 29.9 Å². The van der Waals surface area contributed by atoms with E-state index in [2.05, 4.69) is 4.74 Å². The summed E-state index contributed by atoms with van der Waals surface area (Å²) in [5.74, 6) is -1.53. The summed E-state index contributed by atoms with van der Waals surface area (Å²) in [6.45, 7) is 0. The van der Waals surface area contributed by atoms with Gasteiger partial charge in [-0.3, -0.25) is 0 Å². The highest BCUT2D eigenvalue weighted by atomic mass is 16.7. The van der Waals surface area contributed by atoms with Crippen LogP contribution in [0.15, 0.2) is 0 Å². The Hall–Kier alpha value is -0.730. The van der Waals surface area contributed by atoms with E-state index in [-0.39, 0.29) is 0 Å². The Kier molecular flexibility index (Phi) is 3.40. The number of hydrogen-bond acceptors (Lipinski definition) is 6. The van der Waals surface area contributed by atoms with Crippen LogP contribution in [0.1, 0.15) is 0 Å². The molecule has 4 N–H and O–H groups in total. The highest BCUT2D eigenvalue weighted by Crippen LogP contribution is 2.24. The molecule has 82 valence electrons. The Balaban J connectivity index is 2.69. The largest absolute Gasteiger partial charge is 0.479 e. The molecule has 1 aliphatic heterocycles. The van der Waals surface area contributed by atoms with Crippen molar-refractivity contribution in [2.75, 3.05) is 7.11 Å². The summed E-state index contributed by atoms with van der Waals surface area (Å²) in [6.07, 6.45) is -7.23. The van der Waals surface area contributed by atoms with E-state index in [0.717, 1.165) is 0 Å². The standard InChI is InChI=1S/C7H12O7/c1-13-7-3(9)2(8)5(14-7)4(10)6(11)12/h2-5,7-10H,1H3,(H,11,12). The van der Waals surface area contributed by atoms with Gasteiger partial charge >= 0.3 is 5.97 Å². The molecular weight excluding hydrogens is 196 g/mol. The monoisotopic (exact) mass is 208 g/mol. The second-order valence-electron chi connectivity index (χ2n) is 2.97. The average Bonchev–Trinajstić information content (AvgIpc) is 2.43. The van der Waals surface area contributed by atoms with Crippen molar-refractivity contribution < 1.29 is 34.7 Å². The quantitative estimate of drug-likeness (QED) is 0.406. The Morgan fingerprint density at radius 3 is 2.36 bits per heavy atom. The molecule has 0 aliphatic carbocycles. The molecule has 1 rings (SSSR count). The number of carboxylic acids is 1. The third-order valence-corrected chi connectivity index (χ3v) is 2.05. The molecule has 0 bridgehead atoms. The molecule has 7 heteroatoms. The predicted octanol–water partition coefficient (Wildman–Crippen LogP) is -2.47. The van der Waals surface area contributed by atoms with E-state index < -0.39 is 36.7 Å². The van der Waals surface area contributed by atoms with E-state index in [1.807, 2.05) is 0 Å². The van der Waals surface area contributed by atoms with Gasteiger partial charge in [0.25, 0.3) is 0 Å². The van der Waals surface area contributed by atoms with Crippen molar-refractivity contribution in [2.24, 2.45) is 0 Å². The molecule has 0 aromatic rings. The first-order chi connectivity index (χ1) is 6.49. The Bertz CT molecular complexity index is 218. The molecule has 0 aromatic carbocycles. The highest BCUT2D eigenvalue weighted by Gasteiger charge is 2.48. The number of methoxy groups -OCH3 is 1. The minimum atomic E-state index is -1.89. The van der Waals surface area contributed by atoms with Crippen LogP contribution < -0.4 is 0 Å². The van der Waals surface area contributed by atoms with Gasteiger partial charge in [0, 0.05) is 7.11 Å². The van der Waals surface area contributed by atoms with Crippen molar-refractivity contribution >= 4 is 5.97 Å². The zero-order valence-electron chi connectivity index (χ0n) is 7.40. The number of hydrogen-bond donors (Lipinski definition) is 4. The van der Waals surface area contributed by atoms with Gasteiger partial charge in [0.1, 0.15) is 18.3 Å². The Labute approximate surface area is 79.5 Å². The average molecular weight is 208 g/mol. The summed E-state index contributed by atoms with van der Waals surface area (Å²) in [7, 11) is 1.23. The fourth-order valence-corrected chi connectivity index (χ4v) is 1.27. The lowest BCUT2D eigenvalue weighted by Gasteiger charge is -2.16. The third-order valence-electron chi connectivity index (χ3n) is 2.05. The number of aliphatic hydroxyl groups excluding tert-OH is 3. The van der Waals surface area contributed by atoms with E-state index in [4.69, 9.17) is 14.9 Å². The first-order valence-electron chi connectivity index (χ1n) is 3.94. The van der Waals surface area contributed by atoms with Crippen molar-refractivity contribution in [2.45, 2.75) is 30.7 Å². The van der Waals surface area contributed by atoms with Gasteiger partial charge in [-0.1, -0.05) is 0 Å². The van der Waals surface area contributed by atoms with Gasteiger partial charge in [0.2, 0.25) is 0 Å². The van der Waals surface area contributed by atoms with Crippen molar-refractivity contribution in [3.63, 3.8) is 0 Å². The fraction of sp³-hybridized carbons (Fsp3) is 0.857. The second-order valence-corrected chi connectivity index (χ2v) is 2.97. The fourth-order valence-electron chi connectivity index (χ4n) is 1.27. The zero-order chi connectivity index (χ0) is 10.9. The molecule has 5 atom stereocenters. The molecule has 0 saturated carbocycles. The summed E-state index contributed by atoms with van der Waals surface area (Å²) in [5, 5.41) is 36.1. The van der Waals surface area contributed by atoms with Crippen LogP contribution in [0.5, 0.6) is 0 Å². The maximum absolute atomic E-state index is 10.4. The molecule has 1 aliphatic rings. The molecule has 7 nitrogen and oxygen atoms in total. The smallest absolute Gasteiger partial charge is 0.335 e. The van der Waals surface area contributed by atoms with Crippen molar-refractivity contribution in [3.8, 4) is 0 Å². The van der Waals surface area contributed by atoms with Gasteiger partial charge in [-0.05, 0) is 0 Å². The van der Waals surface area contributed by atoms with E-state index >= 15 is 0 Å². The molecule has 5 unspecified atom stereocenters. The van der Waals surface area contributed by atoms with E-state index in [0.29, 0.717) is 0 Å². The topological polar surface area (TPSA) is 116 Å². The highest BCUT2D eigenvalue weighted by molar-refractivity contribution is 5.72. The minimum absolute atomic E-state index is 1.12. The van der Waals surface area contributed by atoms with Gasteiger partial charge in [-0.2, -0.15) is 0 Å². The zero-order valence-corrected chi connectivity index (χ0v) is 7.40. The first-order valence-corrected chi connectivity index (χ1v) is 3.94.